The fraction of sp³-hybridized carbons (Fsp3) is 0.200. The monoisotopic (exact) mass is 299 g/mol. The molecule has 0 bridgehead atoms. The lowest BCUT2D eigenvalue weighted by molar-refractivity contribution is 0.412. The normalized spacial score (nSPS) is 10.2. The second kappa shape index (κ2) is 4.80. The molecule has 0 aliphatic carbocycles. The fourth-order valence-electron chi connectivity index (χ4n) is 1.21. The third-order valence-electron chi connectivity index (χ3n) is 1.93. The standard InChI is InChI=1S/C10H10BrN3OS/c1-6-12-10(16-14-6)13-7-3-4-8(11)9(5-7)15-2/h3-5H,1-2H3,(H,12,13,14). The van der Waals surface area contributed by atoms with Crippen molar-refractivity contribution in [2.75, 3.05) is 12.4 Å². The average Bonchev–Trinajstić information content (AvgIpc) is 2.67. The fourth-order valence-corrected chi connectivity index (χ4v) is 2.21. The van der Waals surface area contributed by atoms with Gasteiger partial charge in [-0.05, 0) is 35.0 Å². The van der Waals surface area contributed by atoms with Crippen molar-refractivity contribution < 1.29 is 4.74 Å². The van der Waals surface area contributed by atoms with Crippen LogP contribution in [0.1, 0.15) is 5.82 Å². The minimum absolute atomic E-state index is 0.775. The summed E-state index contributed by atoms with van der Waals surface area (Å²) in [6.45, 7) is 1.86. The van der Waals surface area contributed by atoms with E-state index < -0.39 is 0 Å². The van der Waals surface area contributed by atoms with Gasteiger partial charge < -0.3 is 10.1 Å². The van der Waals surface area contributed by atoms with Gasteiger partial charge in [-0.1, -0.05) is 0 Å². The van der Waals surface area contributed by atoms with Crippen molar-refractivity contribution in [1.82, 2.24) is 9.36 Å². The lowest BCUT2D eigenvalue weighted by Crippen LogP contribution is -1.91. The zero-order valence-electron chi connectivity index (χ0n) is 8.82. The molecule has 6 heteroatoms. The molecule has 2 aromatic rings. The van der Waals surface area contributed by atoms with Crippen LogP contribution in [-0.4, -0.2) is 16.5 Å². The third-order valence-corrected chi connectivity index (χ3v) is 3.31. The molecule has 4 nitrogen and oxygen atoms in total. The van der Waals surface area contributed by atoms with Crippen molar-refractivity contribution in [3.05, 3.63) is 28.5 Å². The number of ether oxygens (including phenoxy) is 1. The summed E-state index contributed by atoms with van der Waals surface area (Å²) in [6, 6.07) is 5.78. The van der Waals surface area contributed by atoms with E-state index in [0.717, 1.165) is 26.9 Å². The molecule has 0 radical (unpaired) electrons. The molecular weight excluding hydrogens is 290 g/mol. The number of hydrogen-bond donors (Lipinski definition) is 1. The molecule has 16 heavy (non-hydrogen) atoms. The molecule has 0 fully saturated rings. The van der Waals surface area contributed by atoms with E-state index in [9.17, 15) is 0 Å². The molecule has 1 aromatic heterocycles. The van der Waals surface area contributed by atoms with Gasteiger partial charge in [-0.2, -0.15) is 4.37 Å². The molecular formula is C10H10BrN3OS. The lowest BCUT2D eigenvalue weighted by Gasteiger charge is -2.06. The Balaban J connectivity index is 2.21. The number of hydrogen-bond acceptors (Lipinski definition) is 5. The smallest absolute Gasteiger partial charge is 0.207 e. The maximum absolute atomic E-state index is 5.21. The zero-order chi connectivity index (χ0) is 11.5. The highest BCUT2D eigenvalue weighted by atomic mass is 79.9. The van der Waals surface area contributed by atoms with Crippen LogP contribution in [0.25, 0.3) is 0 Å². The zero-order valence-corrected chi connectivity index (χ0v) is 11.2. The topological polar surface area (TPSA) is 47.0 Å². The number of benzene rings is 1. The van der Waals surface area contributed by atoms with E-state index in [2.05, 4.69) is 30.6 Å². The number of rotatable bonds is 3. The van der Waals surface area contributed by atoms with Gasteiger partial charge in [0.15, 0.2) is 0 Å². The van der Waals surface area contributed by atoms with Gasteiger partial charge in [-0.25, -0.2) is 4.98 Å². The summed E-state index contributed by atoms with van der Waals surface area (Å²) in [5.74, 6) is 1.56. The van der Waals surface area contributed by atoms with Crippen LogP contribution in [0.5, 0.6) is 5.75 Å². The highest BCUT2D eigenvalue weighted by Crippen LogP contribution is 2.29. The molecule has 84 valence electrons. The van der Waals surface area contributed by atoms with Gasteiger partial charge in [-0.3, -0.25) is 0 Å². The van der Waals surface area contributed by atoms with Crippen LogP contribution < -0.4 is 10.1 Å². The Morgan fingerprint density at radius 2 is 2.25 bits per heavy atom. The van der Waals surface area contributed by atoms with Crippen LogP contribution >= 0.6 is 27.5 Å². The summed E-state index contributed by atoms with van der Waals surface area (Å²) in [7, 11) is 1.64. The summed E-state index contributed by atoms with van der Waals surface area (Å²) < 4.78 is 10.2. The van der Waals surface area contributed by atoms with E-state index in [1.54, 1.807) is 7.11 Å². The Hall–Kier alpha value is -1.14. The summed E-state index contributed by atoms with van der Waals surface area (Å²) >= 11 is 4.74. The molecule has 1 aromatic carbocycles. The van der Waals surface area contributed by atoms with Crippen molar-refractivity contribution in [1.29, 1.82) is 0 Å². The van der Waals surface area contributed by atoms with E-state index in [0.29, 0.717) is 0 Å². The lowest BCUT2D eigenvalue weighted by atomic mass is 10.3. The van der Waals surface area contributed by atoms with Crippen LogP contribution in [0.15, 0.2) is 22.7 Å². The molecule has 0 amide bonds. The van der Waals surface area contributed by atoms with E-state index >= 15 is 0 Å². The molecule has 0 unspecified atom stereocenters. The molecule has 0 atom stereocenters. The summed E-state index contributed by atoms with van der Waals surface area (Å²) in [5.41, 5.74) is 0.927. The molecule has 0 aliphatic rings. The van der Waals surface area contributed by atoms with Crippen molar-refractivity contribution in [2.24, 2.45) is 0 Å². The van der Waals surface area contributed by atoms with Crippen LogP contribution in [0.3, 0.4) is 0 Å². The van der Waals surface area contributed by atoms with Gasteiger partial charge >= 0.3 is 0 Å². The van der Waals surface area contributed by atoms with Gasteiger partial charge in [0.2, 0.25) is 5.13 Å². The Morgan fingerprint density at radius 3 is 2.88 bits per heavy atom. The summed E-state index contributed by atoms with van der Waals surface area (Å²) in [6.07, 6.45) is 0. The minimum Gasteiger partial charge on any atom is -0.495 e. The molecule has 0 aliphatic heterocycles. The highest BCUT2D eigenvalue weighted by molar-refractivity contribution is 9.10. The first-order valence-corrected chi connectivity index (χ1v) is 6.16. The van der Waals surface area contributed by atoms with Gasteiger partial charge in [0, 0.05) is 23.3 Å². The Kier molecular flexibility index (Phi) is 3.40. The molecule has 2 rings (SSSR count). The quantitative estimate of drug-likeness (QED) is 0.944. The first kappa shape index (κ1) is 11.3. The number of nitrogens with one attached hydrogen (secondary N) is 1. The number of aromatic nitrogens is 2. The molecule has 0 saturated heterocycles. The maximum atomic E-state index is 5.21. The Bertz CT molecular complexity index is 501. The molecule has 1 heterocycles. The Morgan fingerprint density at radius 1 is 1.44 bits per heavy atom. The number of anilines is 2. The van der Waals surface area contributed by atoms with Gasteiger partial charge in [-0.15, -0.1) is 0 Å². The number of aryl methyl sites for hydroxylation is 1. The highest BCUT2D eigenvalue weighted by Gasteiger charge is 2.04. The van der Waals surface area contributed by atoms with Crippen LogP contribution in [0.4, 0.5) is 10.8 Å². The second-order valence-electron chi connectivity index (χ2n) is 3.12. The molecule has 0 spiro atoms. The number of methoxy groups -OCH3 is 1. The van der Waals surface area contributed by atoms with Crippen LogP contribution in [0, 0.1) is 6.92 Å². The molecule has 1 N–H and O–H groups in total. The van der Waals surface area contributed by atoms with Crippen molar-refractivity contribution in [3.63, 3.8) is 0 Å². The van der Waals surface area contributed by atoms with Crippen molar-refractivity contribution in [2.45, 2.75) is 6.92 Å². The minimum atomic E-state index is 0.775. The van der Waals surface area contributed by atoms with Crippen molar-refractivity contribution >= 4 is 38.3 Å². The van der Waals surface area contributed by atoms with E-state index in [4.69, 9.17) is 4.74 Å². The summed E-state index contributed by atoms with van der Waals surface area (Å²) in [5, 5.41) is 3.95. The average molecular weight is 300 g/mol. The third kappa shape index (κ3) is 2.51. The molecule has 0 saturated carbocycles. The SMILES string of the molecule is COc1cc(Nc2nc(C)ns2)ccc1Br. The van der Waals surface area contributed by atoms with Crippen LogP contribution in [0.2, 0.25) is 0 Å². The number of nitrogens with zero attached hydrogens (tertiary/aromatic N) is 2. The largest absolute Gasteiger partial charge is 0.495 e. The van der Waals surface area contributed by atoms with Gasteiger partial charge in [0.1, 0.15) is 11.6 Å². The number of halogens is 1. The second-order valence-corrected chi connectivity index (χ2v) is 4.73. The van der Waals surface area contributed by atoms with Crippen molar-refractivity contribution in [3.8, 4) is 5.75 Å². The van der Waals surface area contributed by atoms with Crippen LogP contribution in [-0.2, 0) is 0 Å². The predicted molar refractivity (Wildman–Crippen MR) is 68.6 cm³/mol. The first-order chi connectivity index (χ1) is 7.69. The maximum Gasteiger partial charge on any atom is 0.207 e. The van der Waals surface area contributed by atoms with Gasteiger partial charge in [0.05, 0.1) is 11.6 Å². The Labute approximate surface area is 106 Å². The predicted octanol–water partition coefficient (Wildman–Crippen LogP) is 3.36. The van der Waals surface area contributed by atoms with E-state index in [1.165, 1.54) is 11.5 Å². The van der Waals surface area contributed by atoms with E-state index in [-0.39, 0.29) is 0 Å². The first-order valence-electron chi connectivity index (χ1n) is 4.60. The van der Waals surface area contributed by atoms with Gasteiger partial charge in [0.25, 0.3) is 0 Å². The summed E-state index contributed by atoms with van der Waals surface area (Å²) in [4.78, 5) is 4.23. The van der Waals surface area contributed by atoms with E-state index in [1.807, 2.05) is 25.1 Å².